The van der Waals surface area contributed by atoms with E-state index in [0.717, 1.165) is 0 Å². The predicted octanol–water partition coefficient (Wildman–Crippen LogP) is 2.59. The molecule has 3 nitrogen and oxygen atoms in total. The van der Waals surface area contributed by atoms with E-state index < -0.39 is 13.0 Å². The van der Waals surface area contributed by atoms with Crippen LogP contribution >= 0.6 is 27.5 Å². The number of anilines is 1. The first-order valence-electron chi connectivity index (χ1n) is 3.68. The number of halogens is 4. The predicted molar refractivity (Wildman–Crippen MR) is 54.0 cm³/mol. The van der Waals surface area contributed by atoms with E-state index in [4.69, 9.17) is 11.6 Å². The molecule has 0 radical (unpaired) electrons. The summed E-state index contributed by atoms with van der Waals surface area (Å²) in [5, 5.41) is 0.0318. The van der Waals surface area contributed by atoms with Gasteiger partial charge in [0.25, 0.3) is 6.43 Å². The van der Waals surface area contributed by atoms with Gasteiger partial charge in [-0.05, 0) is 27.5 Å². The lowest BCUT2D eigenvalue weighted by Crippen LogP contribution is -2.25. The second-order valence-corrected chi connectivity index (χ2v) is 3.77. The zero-order valence-corrected chi connectivity index (χ0v) is 9.56. The van der Waals surface area contributed by atoms with E-state index in [1.807, 2.05) is 0 Å². The Morgan fingerprint density at radius 1 is 1.64 bits per heavy atom. The van der Waals surface area contributed by atoms with Gasteiger partial charge in [0.05, 0.1) is 11.0 Å². The van der Waals surface area contributed by atoms with Gasteiger partial charge in [0, 0.05) is 13.2 Å². The first-order valence-corrected chi connectivity index (χ1v) is 4.85. The topological polar surface area (TPSA) is 29.0 Å². The third-order valence-electron chi connectivity index (χ3n) is 1.47. The summed E-state index contributed by atoms with van der Waals surface area (Å²) in [7, 11) is 1.51. The van der Waals surface area contributed by atoms with Crippen LogP contribution in [0.4, 0.5) is 14.6 Å². The second-order valence-electron chi connectivity index (χ2n) is 2.58. The first kappa shape index (κ1) is 11.6. The summed E-state index contributed by atoms with van der Waals surface area (Å²) in [4.78, 5) is 8.83. The molecular formula is C7H7BrClF2N3. The van der Waals surface area contributed by atoms with Crippen LogP contribution in [0.1, 0.15) is 0 Å². The summed E-state index contributed by atoms with van der Waals surface area (Å²) in [6, 6.07) is 0. The Morgan fingerprint density at radius 3 is 2.86 bits per heavy atom. The van der Waals surface area contributed by atoms with Crippen LogP contribution in [0.3, 0.4) is 0 Å². The van der Waals surface area contributed by atoms with Gasteiger partial charge in [-0.3, -0.25) is 0 Å². The summed E-state index contributed by atoms with van der Waals surface area (Å²) >= 11 is 8.69. The fourth-order valence-electron chi connectivity index (χ4n) is 0.899. The summed E-state index contributed by atoms with van der Waals surface area (Å²) in [5.74, 6) is 0.352. The molecule has 1 aromatic rings. The summed E-state index contributed by atoms with van der Waals surface area (Å²) in [5.41, 5.74) is 0. The molecule has 0 bridgehead atoms. The van der Waals surface area contributed by atoms with Crippen LogP contribution in [-0.2, 0) is 0 Å². The van der Waals surface area contributed by atoms with E-state index >= 15 is 0 Å². The van der Waals surface area contributed by atoms with Crippen LogP contribution in [0.15, 0.2) is 10.7 Å². The Balaban J connectivity index is 2.88. The molecule has 78 valence electrons. The summed E-state index contributed by atoms with van der Waals surface area (Å²) < 4.78 is 24.7. The molecule has 0 spiro atoms. The van der Waals surface area contributed by atoms with Gasteiger partial charge < -0.3 is 4.90 Å². The molecule has 7 heteroatoms. The first-order chi connectivity index (χ1) is 6.50. The lowest BCUT2D eigenvalue weighted by Gasteiger charge is -2.18. The molecular weight excluding hydrogens is 279 g/mol. The molecule has 1 heterocycles. The van der Waals surface area contributed by atoms with Crippen molar-refractivity contribution in [1.82, 2.24) is 9.97 Å². The van der Waals surface area contributed by atoms with E-state index in [0.29, 0.717) is 10.3 Å². The molecule has 14 heavy (non-hydrogen) atoms. The van der Waals surface area contributed by atoms with E-state index in [2.05, 4.69) is 25.9 Å². The standard InChI is InChI=1S/C7H7BrClF2N3/c1-14(3-5(10)11)6-4(8)2-12-7(9)13-6/h2,5H,3H2,1H3. The van der Waals surface area contributed by atoms with Crippen LogP contribution in [0, 0.1) is 0 Å². The molecule has 0 fully saturated rings. The van der Waals surface area contributed by atoms with Gasteiger partial charge in [-0.2, -0.15) is 4.98 Å². The minimum absolute atomic E-state index is 0.0318. The summed E-state index contributed by atoms with van der Waals surface area (Å²) in [6.45, 7) is -0.397. The van der Waals surface area contributed by atoms with Crippen molar-refractivity contribution in [2.75, 3.05) is 18.5 Å². The third-order valence-corrected chi connectivity index (χ3v) is 2.21. The fraction of sp³-hybridized carbons (Fsp3) is 0.429. The van der Waals surface area contributed by atoms with Crippen LogP contribution in [0.2, 0.25) is 5.28 Å². The lowest BCUT2D eigenvalue weighted by molar-refractivity contribution is 0.156. The van der Waals surface area contributed by atoms with Gasteiger partial charge in [-0.1, -0.05) is 0 Å². The SMILES string of the molecule is CN(CC(F)F)c1nc(Cl)ncc1Br. The number of alkyl halides is 2. The van der Waals surface area contributed by atoms with Gasteiger partial charge in [-0.15, -0.1) is 0 Å². The quantitative estimate of drug-likeness (QED) is 0.800. The Morgan fingerprint density at radius 2 is 2.29 bits per heavy atom. The molecule has 0 saturated carbocycles. The van der Waals surface area contributed by atoms with E-state index in [1.165, 1.54) is 18.1 Å². The largest absolute Gasteiger partial charge is 0.353 e. The lowest BCUT2D eigenvalue weighted by atomic mass is 10.5. The molecule has 0 N–H and O–H groups in total. The molecule has 0 saturated heterocycles. The molecule has 0 atom stereocenters. The summed E-state index contributed by atoms with van der Waals surface area (Å²) in [6.07, 6.45) is -0.993. The molecule has 1 rings (SSSR count). The molecule has 0 aliphatic heterocycles. The van der Waals surface area contributed by atoms with E-state index in [1.54, 1.807) is 0 Å². The molecule has 0 amide bonds. The van der Waals surface area contributed by atoms with Crippen molar-refractivity contribution in [3.63, 3.8) is 0 Å². The maximum Gasteiger partial charge on any atom is 0.255 e. The smallest absolute Gasteiger partial charge is 0.255 e. The molecule has 0 aliphatic rings. The minimum Gasteiger partial charge on any atom is -0.353 e. The average molecular weight is 287 g/mol. The van der Waals surface area contributed by atoms with Crippen molar-refractivity contribution in [2.24, 2.45) is 0 Å². The van der Waals surface area contributed by atoms with Crippen LogP contribution in [-0.4, -0.2) is 30.0 Å². The van der Waals surface area contributed by atoms with Gasteiger partial charge in [0.2, 0.25) is 5.28 Å². The highest BCUT2D eigenvalue weighted by Gasteiger charge is 2.13. The highest BCUT2D eigenvalue weighted by Crippen LogP contribution is 2.23. The van der Waals surface area contributed by atoms with Crippen molar-refractivity contribution < 1.29 is 8.78 Å². The number of hydrogen-bond donors (Lipinski definition) is 0. The molecule has 0 aliphatic carbocycles. The van der Waals surface area contributed by atoms with E-state index in [-0.39, 0.29) is 5.28 Å². The van der Waals surface area contributed by atoms with Gasteiger partial charge in [0.1, 0.15) is 5.82 Å². The fourth-order valence-corrected chi connectivity index (χ4v) is 1.52. The minimum atomic E-state index is -2.42. The van der Waals surface area contributed by atoms with Gasteiger partial charge in [-0.25, -0.2) is 13.8 Å². The zero-order chi connectivity index (χ0) is 10.7. The van der Waals surface area contributed by atoms with Crippen LogP contribution in [0.25, 0.3) is 0 Å². The van der Waals surface area contributed by atoms with Crippen molar-refractivity contribution >= 4 is 33.3 Å². The Kier molecular flexibility index (Phi) is 4.00. The maximum absolute atomic E-state index is 12.1. The van der Waals surface area contributed by atoms with Gasteiger partial charge >= 0.3 is 0 Å². The number of rotatable bonds is 3. The maximum atomic E-state index is 12.1. The van der Waals surface area contributed by atoms with Crippen molar-refractivity contribution in [2.45, 2.75) is 6.43 Å². The third kappa shape index (κ3) is 3.02. The Bertz CT molecular complexity index is 324. The van der Waals surface area contributed by atoms with Crippen molar-refractivity contribution in [3.8, 4) is 0 Å². The highest BCUT2D eigenvalue weighted by atomic mass is 79.9. The Labute approximate surface area is 93.2 Å². The number of nitrogens with zero attached hydrogens (tertiary/aromatic N) is 3. The van der Waals surface area contributed by atoms with Gasteiger partial charge in [0.15, 0.2) is 0 Å². The van der Waals surface area contributed by atoms with Crippen LogP contribution < -0.4 is 4.90 Å². The monoisotopic (exact) mass is 285 g/mol. The number of aromatic nitrogens is 2. The van der Waals surface area contributed by atoms with E-state index in [9.17, 15) is 8.78 Å². The number of hydrogen-bond acceptors (Lipinski definition) is 3. The second kappa shape index (κ2) is 4.84. The van der Waals surface area contributed by atoms with Crippen LogP contribution in [0.5, 0.6) is 0 Å². The van der Waals surface area contributed by atoms with Crippen molar-refractivity contribution in [1.29, 1.82) is 0 Å². The van der Waals surface area contributed by atoms with Crippen molar-refractivity contribution in [3.05, 3.63) is 16.0 Å². The average Bonchev–Trinajstić information content (AvgIpc) is 2.08. The normalized spacial score (nSPS) is 10.7. The molecule has 0 unspecified atom stereocenters. The Hall–Kier alpha value is -0.490. The highest BCUT2D eigenvalue weighted by molar-refractivity contribution is 9.10. The molecule has 0 aromatic carbocycles. The molecule has 1 aromatic heterocycles. The zero-order valence-electron chi connectivity index (χ0n) is 7.22.